The highest BCUT2D eigenvalue weighted by Crippen LogP contribution is 2.48. The van der Waals surface area contributed by atoms with Crippen molar-refractivity contribution in [2.45, 2.75) is 274 Å². The third kappa shape index (κ3) is 14.7. The van der Waals surface area contributed by atoms with Gasteiger partial charge in [0.15, 0.2) is 43.2 Å². The summed E-state index contributed by atoms with van der Waals surface area (Å²) in [7, 11) is 2.88. The third-order valence-electron chi connectivity index (χ3n) is 17.6. The fraction of sp³-hybridized carbons (Fsp3) is 0.783. The SMILES string of the molecule is CCCC(=O)O[C@@H]1[C@@H](C)O[C@@H](O[C@@H]2C[C@H](O[C@@H]3C[C@H](O[C@@H]4C(=O)c5c(cc6cc(O[C@H]7C[C@H](O[C@H]8C[C@@H](O)[C@@H](OC)[C@@H](C)O8)[C@@H](OC(C)=O)[C@@H](C)O7)c(C)c(O)c6c5O)C[C@@H]4[C@H](OC)[C@H](C)[C@H](O)[C@H](C)O)O[C@H](C)[C@@H]3O)O[C@H](C)[C@@H]2O)C[C@]1(C)O. The molecule has 5 aliphatic heterocycles. The van der Waals surface area contributed by atoms with Gasteiger partial charge in [0, 0.05) is 77.1 Å². The van der Waals surface area contributed by atoms with Crippen LogP contribution in [-0.2, 0) is 77.6 Å². The van der Waals surface area contributed by atoms with Crippen LogP contribution >= 0.6 is 0 Å². The number of hydrogen-bond acceptors (Lipinski definition) is 25. The summed E-state index contributed by atoms with van der Waals surface area (Å²) in [5.41, 5.74) is -1.18. The Morgan fingerprint density at radius 2 is 1.28 bits per heavy atom. The van der Waals surface area contributed by atoms with Crippen molar-refractivity contribution >= 4 is 28.5 Å². The number of aliphatic hydroxyl groups excluding tert-OH is 5. The van der Waals surface area contributed by atoms with Crippen molar-refractivity contribution in [1.29, 1.82) is 0 Å². The number of phenolic OH excluding ortho intramolecular Hbond substituents is 2. The fourth-order valence-corrected chi connectivity index (χ4v) is 13.2. The molecule has 8 rings (SSSR count). The number of phenols is 2. The van der Waals surface area contributed by atoms with Crippen LogP contribution in [0.3, 0.4) is 0 Å². The lowest BCUT2D eigenvalue weighted by molar-refractivity contribution is -0.334. The Labute approximate surface area is 495 Å². The van der Waals surface area contributed by atoms with Crippen LogP contribution in [-0.4, -0.2) is 220 Å². The average Bonchev–Trinajstić information content (AvgIpc) is 0.816. The number of ketones is 1. The maximum absolute atomic E-state index is 15.3. The number of aromatic hydroxyl groups is 2. The molecule has 0 aromatic heterocycles. The molecule has 1 aliphatic carbocycles. The highest BCUT2D eigenvalue weighted by molar-refractivity contribution is 6.11. The Bertz CT molecular complexity index is 2600. The minimum atomic E-state index is -1.53. The quantitative estimate of drug-likeness (QED) is 0.0881. The van der Waals surface area contributed by atoms with E-state index in [0.717, 1.165) is 0 Å². The molecule has 6 aliphatic rings. The summed E-state index contributed by atoms with van der Waals surface area (Å²) < 4.78 is 85.6. The van der Waals surface area contributed by atoms with E-state index in [2.05, 4.69) is 0 Å². The molecule has 0 radical (unpaired) electrons. The zero-order valence-electron chi connectivity index (χ0n) is 50.8. The van der Waals surface area contributed by atoms with E-state index in [4.69, 9.17) is 66.3 Å². The summed E-state index contributed by atoms with van der Waals surface area (Å²) in [6, 6.07) is 3.22. The Morgan fingerprint density at radius 3 is 1.86 bits per heavy atom. The number of methoxy groups -OCH3 is 2. The van der Waals surface area contributed by atoms with E-state index in [9.17, 15) is 50.4 Å². The molecule has 0 saturated carbocycles. The van der Waals surface area contributed by atoms with Crippen molar-refractivity contribution in [3.05, 3.63) is 28.8 Å². The first kappa shape index (κ1) is 67.0. The zero-order chi connectivity index (χ0) is 62.3. The topological polar surface area (TPSA) is 342 Å². The first-order chi connectivity index (χ1) is 40.0. The Hall–Kier alpha value is -3.97. The molecule has 0 spiro atoms. The van der Waals surface area contributed by atoms with Gasteiger partial charge in [-0.25, -0.2) is 0 Å². The van der Waals surface area contributed by atoms with Crippen molar-refractivity contribution in [3.63, 3.8) is 0 Å². The molecule has 26 atom stereocenters. The number of Topliss-reactive ketones (excluding diaryl/α,β-unsaturated/α-hetero) is 1. The number of rotatable bonds is 20. The van der Waals surface area contributed by atoms with Crippen molar-refractivity contribution in [2.24, 2.45) is 11.8 Å². The van der Waals surface area contributed by atoms with Gasteiger partial charge in [0.05, 0.1) is 78.1 Å². The third-order valence-corrected chi connectivity index (χ3v) is 17.6. The molecular weight excluding hydrogens is 1120 g/mol. The van der Waals surface area contributed by atoms with Crippen LogP contribution in [0.4, 0.5) is 0 Å². The van der Waals surface area contributed by atoms with E-state index >= 15 is 4.79 Å². The number of esters is 2. The highest BCUT2D eigenvalue weighted by Gasteiger charge is 2.52. The summed E-state index contributed by atoms with van der Waals surface area (Å²) in [5, 5.41) is 91.4. The number of fused-ring (bicyclic) bond motifs is 2. The predicted octanol–water partition coefficient (Wildman–Crippen LogP) is 3.39. The first-order valence-corrected chi connectivity index (χ1v) is 29.7. The predicted molar refractivity (Wildman–Crippen MR) is 296 cm³/mol. The maximum atomic E-state index is 15.3. The minimum absolute atomic E-state index is 0.00686. The summed E-state index contributed by atoms with van der Waals surface area (Å²) in [6.07, 6.45) is -22.2. The number of carbonyl (C=O) groups excluding carboxylic acids is 3. The molecule has 5 fully saturated rings. The number of hydrogen-bond donors (Lipinski definition) is 8. The van der Waals surface area contributed by atoms with Gasteiger partial charge < -0.3 is 107 Å². The normalized spacial score (nSPS) is 39.5. The molecule has 25 nitrogen and oxygen atoms in total. The van der Waals surface area contributed by atoms with Crippen LogP contribution in [0.25, 0.3) is 10.8 Å². The van der Waals surface area contributed by atoms with Crippen molar-refractivity contribution in [1.82, 2.24) is 0 Å². The summed E-state index contributed by atoms with van der Waals surface area (Å²) in [6.45, 7) is 17.6. The zero-order valence-corrected chi connectivity index (χ0v) is 50.8. The van der Waals surface area contributed by atoms with Crippen LogP contribution < -0.4 is 4.74 Å². The summed E-state index contributed by atoms with van der Waals surface area (Å²) in [5.74, 6) is -4.29. The molecule has 2 aromatic rings. The number of ether oxygens (including phenoxy) is 14. The fourth-order valence-electron chi connectivity index (χ4n) is 13.2. The standard InChI is InChI=1S/C60H90O25/c1-14-15-41(64)84-59-31(9)78-46(23-60(59,11)71)82-39-20-43(74-27(5)52(39)68)81-38-21-45(75-28(6)51(38)67)85-58-35(55(72-12)25(3)49(65)26(4)61)17-33-16-34-18-37(24(2)50(66)47(34)53(69)48(33)54(58)70)80-44-22-40(57(30(8)77-44)79-32(10)62)83-42-19-36(63)56(73-13)29(7)76-42/h16,18,25-31,35-36,38-40,42-46,49,51-52,55-59,61,63,65-69,71H,14-15,17,19-23H2,1-13H3/t25-,26+,27-,28-,29-,30-,31-,35-,36-,38-,39-,40+,42+,43+,44+,45+,46+,49+,51+,52+,55-,56+,57+,58+,59-,60+/m1/s1. The first-order valence-electron chi connectivity index (χ1n) is 29.7. The second-order valence-electron chi connectivity index (χ2n) is 24.3. The smallest absolute Gasteiger partial charge is 0.306 e. The largest absolute Gasteiger partial charge is 0.507 e. The van der Waals surface area contributed by atoms with E-state index in [1.807, 2.05) is 6.92 Å². The Balaban J connectivity index is 1.03. The molecular formula is C60H90O25. The second-order valence-corrected chi connectivity index (χ2v) is 24.3. The molecule has 25 heteroatoms. The van der Waals surface area contributed by atoms with Crippen LogP contribution in [0.2, 0.25) is 0 Å². The molecule has 2 aromatic carbocycles. The van der Waals surface area contributed by atoms with Gasteiger partial charge >= 0.3 is 11.9 Å². The lowest BCUT2D eigenvalue weighted by Crippen LogP contribution is -2.59. The van der Waals surface area contributed by atoms with Crippen LogP contribution in [0.5, 0.6) is 17.2 Å². The molecule has 85 heavy (non-hydrogen) atoms. The summed E-state index contributed by atoms with van der Waals surface area (Å²) >= 11 is 0. The number of carbonyl (C=O) groups is 3. The van der Waals surface area contributed by atoms with Gasteiger partial charge in [0.2, 0.25) is 6.29 Å². The highest BCUT2D eigenvalue weighted by atomic mass is 16.7. The van der Waals surface area contributed by atoms with Crippen LogP contribution in [0, 0.1) is 18.8 Å². The molecule has 5 heterocycles. The number of aliphatic hydroxyl groups is 6. The summed E-state index contributed by atoms with van der Waals surface area (Å²) in [4.78, 5) is 40.0. The van der Waals surface area contributed by atoms with Crippen molar-refractivity contribution in [2.75, 3.05) is 14.2 Å². The Morgan fingerprint density at radius 1 is 0.729 bits per heavy atom. The van der Waals surface area contributed by atoms with Gasteiger partial charge in [-0.05, 0) is 91.3 Å². The average molecular weight is 1210 g/mol. The Kier molecular flexibility index (Phi) is 21.9. The van der Waals surface area contributed by atoms with Gasteiger partial charge in [-0.3, -0.25) is 14.4 Å². The van der Waals surface area contributed by atoms with Gasteiger partial charge in [-0.1, -0.05) is 13.8 Å². The van der Waals surface area contributed by atoms with Crippen LogP contribution in [0.15, 0.2) is 12.1 Å². The lowest BCUT2D eigenvalue weighted by atomic mass is 9.72. The van der Waals surface area contributed by atoms with E-state index in [1.165, 1.54) is 35.0 Å². The van der Waals surface area contributed by atoms with E-state index in [-0.39, 0.29) is 72.6 Å². The molecule has 8 N–H and O–H groups in total. The molecule has 0 amide bonds. The molecule has 480 valence electrons. The van der Waals surface area contributed by atoms with Gasteiger partial charge in [0.1, 0.15) is 53.4 Å². The second kappa shape index (κ2) is 27.8. The molecule has 0 unspecified atom stereocenters. The minimum Gasteiger partial charge on any atom is -0.507 e. The van der Waals surface area contributed by atoms with Gasteiger partial charge in [-0.15, -0.1) is 0 Å². The monoisotopic (exact) mass is 1210 g/mol. The molecule has 5 saturated heterocycles. The van der Waals surface area contributed by atoms with E-state index in [0.29, 0.717) is 12.0 Å². The van der Waals surface area contributed by atoms with E-state index in [1.54, 1.807) is 60.6 Å². The van der Waals surface area contributed by atoms with Crippen LogP contribution in [0.1, 0.15) is 136 Å². The van der Waals surface area contributed by atoms with Gasteiger partial charge in [0.25, 0.3) is 0 Å². The van der Waals surface area contributed by atoms with Crippen molar-refractivity contribution < 1.29 is 122 Å². The lowest BCUT2D eigenvalue weighted by Gasteiger charge is -2.47. The van der Waals surface area contributed by atoms with E-state index < -0.39 is 188 Å². The molecule has 0 bridgehead atoms. The van der Waals surface area contributed by atoms with Crippen molar-refractivity contribution in [3.8, 4) is 17.2 Å². The number of benzene rings is 2. The maximum Gasteiger partial charge on any atom is 0.306 e. The van der Waals surface area contributed by atoms with Gasteiger partial charge in [-0.2, -0.15) is 0 Å².